The van der Waals surface area contributed by atoms with E-state index < -0.39 is 11.9 Å². The van der Waals surface area contributed by atoms with Crippen LogP contribution in [-0.2, 0) is 4.79 Å². The van der Waals surface area contributed by atoms with Gasteiger partial charge >= 0.3 is 5.97 Å². The molecule has 0 unspecified atom stereocenters. The molecule has 0 bridgehead atoms. The topological polar surface area (TPSA) is 66.4 Å². The van der Waals surface area contributed by atoms with Crippen LogP contribution in [0.15, 0.2) is 109 Å². The second kappa shape index (κ2) is 9.09. The molecule has 4 heteroatoms. The summed E-state index contributed by atoms with van der Waals surface area (Å²) in [5, 5.41) is 12.5. The molecule has 4 rings (SSSR count). The Labute approximate surface area is 180 Å². The summed E-state index contributed by atoms with van der Waals surface area (Å²) < 4.78 is 0. The van der Waals surface area contributed by atoms with Crippen molar-refractivity contribution in [3.8, 4) is 11.1 Å². The summed E-state index contributed by atoms with van der Waals surface area (Å²) in [5.41, 5.74) is 3.77. The van der Waals surface area contributed by atoms with E-state index in [-0.39, 0.29) is 17.2 Å². The third kappa shape index (κ3) is 4.54. The molecule has 0 aliphatic rings. The predicted molar refractivity (Wildman–Crippen MR) is 122 cm³/mol. The van der Waals surface area contributed by atoms with Gasteiger partial charge in [-0.3, -0.25) is 4.79 Å². The number of aromatic carboxylic acids is 1. The van der Waals surface area contributed by atoms with E-state index in [0.29, 0.717) is 0 Å². The second-order valence-corrected chi connectivity index (χ2v) is 7.18. The Morgan fingerprint density at radius 1 is 0.645 bits per heavy atom. The third-order valence-electron chi connectivity index (χ3n) is 5.14. The highest BCUT2D eigenvalue weighted by Gasteiger charge is 2.24. The minimum Gasteiger partial charge on any atom is -0.478 e. The zero-order valence-corrected chi connectivity index (χ0v) is 16.7. The van der Waals surface area contributed by atoms with Crippen LogP contribution < -0.4 is 5.32 Å². The third-order valence-corrected chi connectivity index (χ3v) is 5.14. The number of amides is 1. The minimum atomic E-state index is -1.09. The Morgan fingerprint density at radius 2 is 1.16 bits per heavy atom. The van der Waals surface area contributed by atoms with E-state index in [1.54, 1.807) is 12.1 Å². The molecule has 0 aliphatic heterocycles. The normalized spacial score (nSPS) is 10.6. The first-order chi connectivity index (χ1) is 15.1. The van der Waals surface area contributed by atoms with E-state index in [1.165, 1.54) is 6.07 Å². The van der Waals surface area contributed by atoms with E-state index in [4.69, 9.17) is 0 Å². The summed E-state index contributed by atoms with van der Waals surface area (Å²) >= 11 is 0. The Bertz CT molecular complexity index is 1150. The average molecular weight is 407 g/mol. The van der Waals surface area contributed by atoms with Gasteiger partial charge in [-0.2, -0.15) is 0 Å². The Balaban J connectivity index is 1.74. The number of hydrogen-bond donors (Lipinski definition) is 2. The van der Waals surface area contributed by atoms with Gasteiger partial charge in [-0.05, 0) is 34.4 Å². The fourth-order valence-electron chi connectivity index (χ4n) is 3.64. The summed E-state index contributed by atoms with van der Waals surface area (Å²) in [6, 6.07) is 33.6. The van der Waals surface area contributed by atoms with Gasteiger partial charge in [-0.25, -0.2) is 4.79 Å². The van der Waals surface area contributed by atoms with Crippen molar-refractivity contribution >= 4 is 17.6 Å². The van der Waals surface area contributed by atoms with Crippen molar-refractivity contribution in [2.24, 2.45) is 0 Å². The molecule has 0 saturated carbocycles. The highest BCUT2D eigenvalue weighted by atomic mass is 16.4. The zero-order chi connectivity index (χ0) is 21.6. The molecule has 4 aromatic rings. The highest BCUT2D eigenvalue weighted by molar-refractivity contribution is 6.04. The zero-order valence-electron chi connectivity index (χ0n) is 16.7. The lowest BCUT2D eigenvalue weighted by molar-refractivity contribution is -0.116. The smallest absolute Gasteiger partial charge is 0.337 e. The summed E-state index contributed by atoms with van der Waals surface area (Å²) in [5.74, 6) is -1.94. The SMILES string of the molecule is O=C(O)c1ccc(-c2ccccc2)cc1NC(=O)C(c1ccccc1)c1ccccc1. The first kappa shape index (κ1) is 20.1. The van der Waals surface area contributed by atoms with Gasteiger partial charge in [0, 0.05) is 0 Å². The second-order valence-electron chi connectivity index (χ2n) is 7.18. The Hall–Kier alpha value is -4.18. The van der Waals surface area contributed by atoms with Crippen molar-refractivity contribution in [2.75, 3.05) is 5.32 Å². The molecule has 4 aromatic carbocycles. The lowest BCUT2D eigenvalue weighted by Gasteiger charge is -2.19. The van der Waals surface area contributed by atoms with Gasteiger partial charge in [0.2, 0.25) is 5.91 Å². The van der Waals surface area contributed by atoms with Crippen molar-refractivity contribution in [1.29, 1.82) is 0 Å². The summed E-state index contributed by atoms with van der Waals surface area (Å²) in [6.07, 6.45) is 0. The van der Waals surface area contributed by atoms with E-state index >= 15 is 0 Å². The monoisotopic (exact) mass is 407 g/mol. The predicted octanol–water partition coefficient (Wildman–Crippen LogP) is 5.82. The first-order valence-electron chi connectivity index (χ1n) is 9.97. The van der Waals surface area contributed by atoms with Gasteiger partial charge in [0.1, 0.15) is 0 Å². The van der Waals surface area contributed by atoms with Crippen LogP contribution in [-0.4, -0.2) is 17.0 Å². The van der Waals surface area contributed by atoms with Crippen LogP contribution in [0.1, 0.15) is 27.4 Å². The van der Waals surface area contributed by atoms with Gasteiger partial charge in [0.25, 0.3) is 0 Å². The van der Waals surface area contributed by atoms with Crippen LogP contribution in [0.5, 0.6) is 0 Å². The number of anilines is 1. The molecule has 4 nitrogen and oxygen atoms in total. The average Bonchev–Trinajstić information content (AvgIpc) is 2.81. The molecule has 2 N–H and O–H groups in total. The number of carboxylic acid groups (broad SMARTS) is 1. The Morgan fingerprint density at radius 3 is 1.68 bits per heavy atom. The number of nitrogens with one attached hydrogen (secondary N) is 1. The van der Waals surface area contributed by atoms with E-state index in [1.807, 2.05) is 91.0 Å². The van der Waals surface area contributed by atoms with Crippen molar-refractivity contribution in [2.45, 2.75) is 5.92 Å². The van der Waals surface area contributed by atoms with Crippen molar-refractivity contribution in [3.05, 3.63) is 126 Å². The number of benzene rings is 4. The number of hydrogen-bond acceptors (Lipinski definition) is 2. The molecule has 0 fully saturated rings. The number of carbonyl (C=O) groups excluding carboxylic acids is 1. The molecule has 0 heterocycles. The Kier molecular flexibility index (Phi) is 5.90. The van der Waals surface area contributed by atoms with Gasteiger partial charge in [-0.15, -0.1) is 0 Å². The lowest BCUT2D eigenvalue weighted by Crippen LogP contribution is -2.23. The molecular weight excluding hydrogens is 386 g/mol. The number of rotatable bonds is 6. The van der Waals surface area contributed by atoms with Crippen LogP contribution in [0.2, 0.25) is 0 Å². The van der Waals surface area contributed by atoms with Gasteiger partial charge in [0.05, 0.1) is 17.2 Å². The maximum Gasteiger partial charge on any atom is 0.337 e. The molecule has 0 atom stereocenters. The minimum absolute atomic E-state index is 0.0490. The summed E-state index contributed by atoms with van der Waals surface area (Å²) in [6.45, 7) is 0. The maximum absolute atomic E-state index is 13.4. The summed E-state index contributed by atoms with van der Waals surface area (Å²) in [4.78, 5) is 25.2. The van der Waals surface area contributed by atoms with Crippen LogP contribution in [0.3, 0.4) is 0 Å². The highest BCUT2D eigenvalue weighted by Crippen LogP contribution is 2.30. The van der Waals surface area contributed by atoms with Crippen molar-refractivity contribution in [1.82, 2.24) is 0 Å². The van der Waals surface area contributed by atoms with E-state index in [9.17, 15) is 14.7 Å². The van der Waals surface area contributed by atoms with E-state index in [0.717, 1.165) is 22.3 Å². The van der Waals surface area contributed by atoms with Gasteiger partial charge in [-0.1, -0.05) is 97.1 Å². The summed E-state index contributed by atoms with van der Waals surface area (Å²) in [7, 11) is 0. The molecular formula is C27H21NO3. The fraction of sp³-hybridized carbons (Fsp3) is 0.0370. The lowest BCUT2D eigenvalue weighted by atomic mass is 9.90. The van der Waals surface area contributed by atoms with Gasteiger partial charge < -0.3 is 10.4 Å². The van der Waals surface area contributed by atoms with Crippen molar-refractivity contribution in [3.63, 3.8) is 0 Å². The van der Waals surface area contributed by atoms with Crippen LogP contribution in [0.25, 0.3) is 11.1 Å². The standard InChI is InChI=1S/C27H21NO3/c29-26(25(20-12-6-2-7-13-20)21-14-8-3-9-15-21)28-24-18-22(16-17-23(24)27(30)31)19-10-4-1-5-11-19/h1-18,25H,(H,28,29)(H,30,31). The quantitative estimate of drug-likeness (QED) is 0.423. The van der Waals surface area contributed by atoms with Crippen molar-refractivity contribution < 1.29 is 14.7 Å². The number of carboxylic acids is 1. The molecule has 31 heavy (non-hydrogen) atoms. The fourth-order valence-corrected chi connectivity index (χ4v) is 3.64. The maximum atomic E-state index is 13.4. The van der Waals surface area contributed by atoms with Crippen LogP contribution in [0.4, 0.5) is 5.69 Å². The number of carbonyl (C=O) groups is 2. The molecule has 0 saturated heterocycles. The molecule has 0 aliphatic carbocycles. The van der Waals surface area contributed by atoms with Gasteiger partial charge in [0.15, 0.2) is 0 Å². The molecule has 152 valence electrons. The molecule has 1 amide bonds. The molecule has 0 aromatic heterocycles. The molecule has 0 radical (unpaired) electrons. The van der Waals surface area contributed by atoms with Crippen LogP contribution in [0, 0.1) is 0 Å². The van der Waals surface area contributed by atoms with Crippen LogP contribution >= 0.6 is 0 Å². The molecule has 0 spiro atoms. The van der Waals surface area contributed by atoms with E-state index in [2.05, 4.69) is 5.32 Å². The largest absolute Gasteiger partial charge is 0.478 e. The first-order valence-corrected chi connectivity index (χ1v) is 9.97.